The molecular weight excluding hydrogens is 276 g/mol. The van der Waals surface area contributed by atoms with E-state index in [4.69, 9.17) is 16.7 Å². The number of halogens is 1. The molecular formula is C15H19ClN2O2. The van der Waals surface area contributed by atoms with Gasteiger partial charge in [-0.15, -0.1) is 0 Å². The first kappa shape index (κ1) is 13.7. The normalized spacial score (nSPS) is 25.9. The highest BCUT2D eigenvalue weighted by molar-refractivity contribution is 6.31. The molecule has 0 radical (unpaired) electrons. The third kappa shape index (κ3) is 2.76. The molecule has 0 spiro atoms. The average molecular weight is 295 g/mol. The van der Waals surface area contributed by atoms with Crippen molar-refractivity contribution in [1.82, 2.24) is 9.80 Å². The van der Waals surface area contributed by atoms with Gasteiger partial charge in [0.15, 0.2) is 0 Å². The van der Waals surface area contributed by atoms with Crippen LogP contribution in [0.15, 0.2) is 24.3 Å². The van der Waals surface area contributed by atoms with E-state index < -0.39 is 6.09 Å². The highest BCUT2D eigenvalue weighted by Crippen LogP contribution is 2.31. The molecule has 1 N–H and O–H groups in total. The Labute approximate surface area is 123 Å². The zero-order valence-electron chi connectivity index (χ0n) is 11.3. The maximum Gasteiger partial charge on any atom is 0.407 e. The van der Waals surface area contributed by atoms with Crippen molar-refractivity contribution in [3.8, 4) is 0 Å². The second-order valence-electron chi connectivity index (χ2n) is 5.81. The van der Waals surface area contributed by atoms with Gasteiger partial charge in [-0.3, -0.25) is 0 Å². The molecule has 3 rings (SSSR count). The fourth-order valence-electron chi connectivity index (χ4n) is 3.41. The smallest absolute Gasteiger partial charge is 0.407 e. The summed E-state index contributed by atoms with van der Waals surface area (Å²) in [6, 6.07) is 7.98. The Morgan fingerprint density at radius 3 is 2.45 bits per heavy atom. The maximum absolute atomic E-state index is 11.0. The van der Waals surface area contributed by atoms with E-state index in [0.717, 1.165) is 31.1 Å². The SMILES string of the molecule is O=C(O)N1CC2CN(CCc3ccccc3Cl)CC2C1. The van der Waals surface area contributed by atoms with E-state index in [9.17, 15) is 4.79 Å². The fraction of sp³-hybridized carbons (Fsp3) is 0.533. The standard InChI is InChI=1S/C15H19ClN2O2/c16-14-4-2-1-3-11(14)5-6-17-7-12-9-18(15(19)20)10-13(12)8-17/h1-4,12-13H,5-10H2,(H,19,20). The Kier molecular flexibility index (Phi) is 3.85. The van der Waals surface area contributed by atoms with Crippen LogP contribution in [0.25, 0.3) is 0 Å². The lowest BCUT2D eigenvalue weighted by atomic mass is 10.0. The summed E-state index contributed by atoms with van der Waals surface area (Å²) in [5.41, 5.74) is 1.19. The van der Waals surface area contributed by atoms with Gasteiger partial charge in [0.25, 0.3) is 0 Å². The van der Waals surface area contributed by atoms with E-state index in [1.54, 1.807) is 4.90 Å². The van der Waals surface area contributed by atoms with Crippen LogP contribution < -0.4 is 0 Å². The number of rotatable bonds is 3. The van der Waals surface area contributed by atoms with Gasteiger partial charge in [0, 0.05) is 37.7 Å². The fourth-order valence-corrected chi connectivity index (χ4v) is 3.64. The van der Waals surface area contributed by atoms with Gasteiger partial charge in [0.2, 0.25) is 0 Å². The molecule has 1 amide bonds. The Morgan fingerprint density at radius 1 is 1.20 bits per heavy atom. The van der Waals surface area contributed by atoms with E-state index in [1.165, 1.54) is 5.56 Å². The molecule has 2 atom stereocenters. The lowest BCUT2D eigenvalue weighted by Crippen LogP contribution is -2.32. The van der Waals surface area contributed by atoms with Crippen molar-refractivity contribution in [3.63, 3.8) is 0 Å². The highest BCUT2D eigenvalue weighted by atomic mass is 35.5. The van der Waals surface area contributed by atoms with Crippen molar-refractivity contribution < 1.29 is 9.90 Å². The quantitative estimate of drug-likeness (QED) is 0.931. The number of hydrogen-bond donors (Lipinski definition) is 1. The number of nitrogens with zero attached hydrogens (tertiary/aromatic N) is 2. The molecule has 2 aliphatic heterocycles. The van der Waals surface area contributed by atoms with E-state index in [2.05, 4.69) is 11.0 Å². The number of benzene rings is 1. The summed E-state index contributed by atoms with van der Waals surface area (Å²) in [5, 5.41) is 9.85. The van der Waals surface area contributed by atoms with Crippen molar-refractivity contribution in [3.05, 3.63) is 34.9 Å². The molecule has 20 heavy (non-hydrogen) atoms. The summed E-state index contributed by atoms with van der Waals surface area (Å²) < 4.78 is 0. The van der Waals surface area contributed by atoms with Crippen molar-refractivity contribution >= 4 is 17.7 Å². The van der Waals surface area contributed by atoms with Crippen molar-refractivity contribution in [2.24, 2.45) is 11.8 Å². The van der Waals surface area contributed by atoms with Crippen molar-refractivity contribution in [1.29, 1.82) is 0 Å². The first-order chi connectivity index (χ1) is 9.63. The van der Waals surface area contributed by atoms with Gasteiger partial charge in [-0.25, -0.2) is 4.79 Å². The monoisotopic (exact) mass is 294 g/mol. The second-order valence-corrected chi connectivity index (χ2v) is 6.22. The molecule has 2 unspecified atom stereocenters. The predicted molar refractivity (Wildman–Crippen MR) is 78.2 cm³/mol. The molecule has 4 nitrogen and oxygen atoms in total. The number of likely N-dealkylation sites (tertiary alicyclic amines) is 2. The minimum Gasteiger partial charge on any atom is -0.465 e. The maximum atomic E-state index is 11.0. The molecule has 2 fully saturated rings. The van der Waals surface area contributed by atoms with E-state index >= 15 is 0 Å². The van der Waals surface area contributed by atoms with Gasteiger partial charge in [0.1, 0.15) is 0 Å². The molecule has 0 saturated carbocycles. The third-order valence-electron chi connectivity index (χ3n) is 4.49. The largest absolute Gasteiger partial charge is 0.465 e. The van der Waals surface area contributed by atoms with Crippen LogP contribution in [0, 0.1) is 11.8 Å². The molecule has 2 saturated heterocycles. The van der Waals surface area contributed by atoms with E-state index in [1.807, 2.05) is 18.2 Å². The molecule has 0 aromatic heterocycles. The first-order valence-electron chi connectivity index (χ1n) is 7.07. The van der Waals surface area contributed by atoms with Gasteiger partial charge < -0.3 is 14.9 Å². The van der Waals surface area contributed by atoms with E-state index in [-0.39, 0.29) is 0 Å². The summed E-state index contributed by atoms with van der Waals surface area (Å²) in [5.74, 6) is 1.02. The number of hydrogen-bond acceptors (Lipinski definition) is 2. The zero-order valence-corrected chi connectivity index (χ0v) is 12.1. The minimum atomic E-state index is -0.776. The van der Waals surface area contributed by atoms with Crippen LogP contribution in [0.5, 0.6) is 0 Å². The molecule has 5 heteroatoms. The van der Waals surface area contributed by atoms with Crippen LogP contribution in [0.4, 0.5) is 4.79 Å². The third-order valence-corrected chi connectivity index (χ3v) is 4.86. The highest BCUT2D eigenvalue weighted by Gasteiger charge is 2.41. The summed E-state index contributed by atoms with van der Waals surface area (Å²) in [6.07, 6.45) is 0.184. The van der Waals surface area contributed by atoms with Gasteiger partial charge in [-0.2, -0.15) is 0 Å². The lowest BCUT2D eigenvalue weighted by Gasteiger charge is -2.19. The van der Waals surface area contributed by atoms with Gasteiger partial charge >= 0.3 is 6.09 Å². The predicted octanol–water partition coefficient (Wildman–Crippen LogP) is 2.42. The zero-order chi connectivity index (χ0) is 14.1. The molecule has 0 aliphatic carbocycles. The number of amides is 1. The Balaban J connectivity index is 1.51. The molecule has 1 aromatic rings. The molecule has 108 valence electrons. The summed E-state index contributed by atoms with van der Waals surface area (Å²) in [7, 11) is 0. The van der Waals surface area contributed by atoms with Crippen LogP contribution >= 0.6 is 11.6 Å². The Bertz CT molecular complexity index is 494. The lowest BCUT2D eigenvalue weighted by molar-refractivity contribution is 0.149. The molecule has 0 bridgehead atoms. The Morgan fingerprint density at radius 2 is 1.85 bits per heavy atom. The van der Waals surface area contributed by atoms with Crippen LogP contribution in [0.3, 0.4) is 0 Å². The van der Waals surface area contributed by atoms with Crippen LogP contribution in [0.1, 0.15) is 5.56 Å². The molecule has 2 aliphatic rings. The van der Waals surface area contributed by atoms with Crippen LogP contribution in [0.2, 0.25) is 5.02 Å². The van der Waals surface area contributed by atoms with Crippen molar-refractivity contribution in [2.75, 3.05) is 32.7 Å². The number of fused-ring (bicyclic) bond motifs is 1. The number of carbonyl (C=O) groups is 1. The van der Waals surface area contributed by atoms with Gasteiger partial charge in [-0.1, -0.05) is 29.8 Å². The molecule has 2 heterocycles. The van der Waals surface area contributed by atoms with Gasteiger partial charge in [0.05, 0.1) is 0 Å². The van der Waals surface area contributed by atoms with Crippen LogP contribution in [-0.4, -0.2) is 53.7 Å². The van der Waals surface area contributed by atoms with E-state index in [0.29, 0.717) is 24.9 Å². The topological polar surface area (TPSA) is 43.8 Å². The average Bonchev–Trinajstić information content (AvgIpc) is 2.95. The number of carboxylic acid groups (broad SMARTS) is 1. The first-order valence-corrected chi connectivity index (χ1v) is 7.45. The summed E-state index contributed by atoms with van der Waals surface area (Å²) >= 11 is 6.17. The second kappa shape index (κ2) is 5.62. The van der Waals surface area contributed by atoms with Crippen molar-refractivity contribution in [2.45, 2.75) is 6.42 Å². The minimum absolute atomic E-state index is 0.511. The van der Waals surface area contributed by atoms with Gasteiger partial charge in [-0.05, 0) is 29.9 Å². The summed E-state index contributed by atoms with van der Waals surface area (Å²) in [6.45, 7) is 4.42. The van der Waals surface area contributed by atoms with Crippen LogP contribution in [-0.2, 0) is 6.42 Å². The molecule has 1 aromatic carbocycles. The Hall–Kier alpha value is -1.26. The summed E-state index contributed by atoms with van der Waals surface area (Å²) in [4.78, 5) is 15.0.